The minimum atomic E-state index is -0.378. The van der Waals surface area contributed by atoms with Crippen molar-refractivity contribution >= 4 is 0 Å². The van der Waals surface area contributed by atoms with Gasteiger partial charge in [-0.15, -0.1) is 0 Å². The molecule has 2 N–H and O–H groups in total. The summed E-state index contributed by atoms with van der Waals surface area (Å²) in [5, 5.41) is 12.6. The summed E-state index contributed by atoms with van der Waals surface area (Å²) in [7, 11) is 1.61. The Bertz CT molecular complexity index is 150. The number of rotatable bonds is 7. The number of piperidine rings is 1. The topological polar surface area (TPSA) is 44.7 Å². The largest absolute Gasteiger partial charge is 0.389 e. The van der Waals surface area contributed by atoms with Crippen LogP contribution in [-0.4, -0.2) is 62.6 Å². The van der Waals surface area contributed by atoms with Crippen LogP contribution in [0.15, 0.2) is 0 Å². The molecule has 15 heavy (non-hydrogen) atoms. The fourth-order valence-corrected chi connectivity index (χ4v) is 1.94. The molecule has 1 atom stereocenters. The van der Waals surface area contributed by atoms with E-state index in [0.29, 0.717) is 13.2 Å². The number of aliphatic hydroxyl groups is 1. The van der Waals surface area contributed by atoms with E-state index in [1.807, 2.05) is 0 Å². The van der Waals surface area contributed by atoms with E-state index in [4.69, 9.17) is 4.74 Å². The summed E-state index contributed by atoms with van der Waals surface area (Å²) in [5.41, 5.74) is 0. The van der Waals surface area contributed by atoms with Gasteiger partial charge in [-0.2, -0.15) is 0 Å². The molecule has 0 bridgehead atoms. The normalized spacial score (nSPS) is 20.4. The predicted octanol–water partition coefficient (Wildman–Crippen LogP) is 0.0692. The van der Waals surface area contributed by atoms with E-state index in [1.165, 1.54) is 32.4 Å². The van der Waals surface area contributed by atoms with Crippen LogP contribution in [0.4, 0.5) is 0 Å². The molecule has 0 aliphatic carbocycles. The molecule has 4 heteroatoms. The van der Waals surface area contributed by atoms with Gasteiger partial charge in [0, 0.05) is 26.7 Å². The van der Waals surface area contributed by atoms with Gasteiger partial charge in [0.25, 0.3) is 0 Å². The van der Waals surface area contributed by atoms with Gasteiger partial charge >= 0.3 is 0 Å². The highest BCUT2D eigenvalue weighted by molar-refractivity contribution is 4.66. The van der Waals surface area contributed by atoms with E-state index in [0.717, 1.165) is 13.1 Å². The van der Waals surface area contributed by atoms with Crippen LogP contribution < -0.4 is 5.32 Å². The number of aliphatic hydroxyl groups excluding tert-OH is 1. The third-order valence-electron chi connectivity index (χ3n) is 2.79. The maximum atomic E-state index is 9.39. The maximum Gasteiger partial charge on any atom is 0.0897 e. The molecule has 0 saturated carbocycles. The predicted molar refractivity (Wildman–Crippen MR) is 61.0 cm³/mol. The molecule has 1 heterocycles. The van der Waals surface area contributed by atoms with Crippen molar-refractivity contribution in [3.05, 3.63) is 0 Å². The van der Waals surface area contributed by atoms with Crippen molar-refractivity contribution < 1.29 is 9.84 Å². The Morgan fingerprint density at radius 3 is 2.73 bits per heavy atom. The molecule has 1 aliphatic rings. The smallest absolute Gasteiger partial charge is 0.0897 e. The van der Waals surface area contributed by atoms with E-state index in [2.05, 4.69) is 10.2 Å². The molecule has 0 aromatic carbocycles. The van der Waals surface area contributed by atoms with Crippen molar-refractivity contribution in [3.8, 4) is 0 Å². The average molecular weight is 216 g/mol. The molecule has 0 aromatic heterocycles. The van der Waals surface area contributed by atoms with Gasteiger partial charge in [-0.05, 0) is 25.9 Å². The van der Waals surface area contributed by atoms with Gasteiger partial charge in [0.2, 0.25) is 0 Å². The minimum absolute atomic E-state index is 0.378. The third-order valence-corrected chi connectivity index (χ3v) is 2.79. The number of nitrogens with one attached hydrogen (secondary N) is 1. The van der Waals surface area contributed by atoms with Crippen LogP contribution in [0, 0.1) is 0 Å². The first-order valence-electron chi connectivity index (χ1n) is 5.93. The highest BCUT2D eigenvalue weighted by Gasteiger charge is 2.09. The molecule has 4 nitrogen and oxygen atoms in total. The molecular weight excluding hydrogens is 192 g/mol. The lowest BCUT2D eigenvalue weighted by Gasteiger charge is -2.26. The Kier molecular flexibility index (Phi) is 6.92. The van der Waals surface area contributed by atoms with E-state index < -0.39 is 0 Å². The number of hydrogen-bond donors (Lipinski definition) is 2. The molecule has 90 valence electrons. The van der Waals surface area contributed by atoms with Crippen LogP contribution in [0.3, 0.4) is 0 Å². The van der Waals surface area contributed by atoms with Crippen LogP contribution in [0.1, 0.15) is 19.3 Å². The van der Waals surface area contributed by atoms with E-state index in [9.17, 15) is 5.11 Å². The Labute approximate surface area is 92.6 Å². The lowest BCUT2D eigenvalue weighted by molar-refractivity contribution is 0.0641. The monoisotopic (exact) mass is 216 g/mol. The first-order chi connectivity index (χ1) is 7.33. The van der Waals surface area contributed by atoms with Crippen molar-refractivity contribution in [2.24, 2.45) is 0 Å². The summed E-state index contributed by atoms with van der Waals surface area (Å²) >= 11 is 0. The number of likely N-dealkylation sites (tertiary alicyclic amines) is 1. The average Bonchev–Trinajstić information content (AvgIpc) is 2.26. The molecule has 1 aliphatic heterocycles. The molecule has 0 radical (unpaired) electrons. The van der Waals surface area contributed by atoms with Crippen molar-refractivity contribution in [2.45, 2.75) is 25.4 Å². The van der Waals surface area contributed by atoms with Gasteiger partial charge in [0.05, 0.1) is 12.7 Å². The molecular formula is C11H24N2O2. The molecule has 0 aromatic rings. The van der Waals surface area contributed by atoms with Gasteiger partial charge in [-0.1, -0.05) is 6.42 Å². The van der Waals surface area contributed by atoms with E-state index in [1.54, 1.807) is 7.11 Å². The number of ether oxygens (including phenoxy) is 1. The van der Waals surface area contributed by atoms with Crippen molar-refractivity contribution in [1.82, 2.24) is 10.2 Å². The zero-order chi connectivity index (χ0) is 10.9. The molecule has 1 rings (SSSR count). The summed E-state index contributed by atoms with van der Waals surface area (Å²) in [6.45, 7) is 5.57. The molecule has 0 amide bonds. The van der Waals surface area contributed by atoms with Crippen LogP contribution in [-0.2, 0) is 4.74 Å². The molecule has 1 saturated heterocycles. The SMILES string of the molecule is COCC(O)CNCCN1CCCCC1. The second kappa shape index (κ2) is 8.05. The van der Waals surface area contributed by atoms with Gasteiger partial charge < -0.3 is 20.1 Å². The first-order valence-corrected chi connectivity index (χ1v) is 5.93. The molecule has 1 unspecified atom stereocenters. The zero-order valence-electron chi connectivity index (χ0n) is 9.74. The Hall–Kier alpha value is -0.160. The summed E-state index contributed by atoms with van der Waals surface area (Å²) in [6, 6.07) is 0. The van der Waals surface area contributed by atoms with Crippen LogP contribution >= 0.6 is 0 Å². The molecule has 1 fully saturated rings. The van der Waals surface area contributed by atoms with Crippen LogP contribution in [0.5, 0.6) is 0 Å². The number of methoxy groups -OCH3 is 1. The van der Waals surface area contributed by atoms with Gasteiger partial charge in [0.15, 0.2) is 0 Å². The van der Waals surface area contributed by atoms with Gasteiger partial charge in [-0.3, -0.25) is 0 Å². The standard InChI is InChI=1S/C11H24N2O2/c1-15-10-11(14)9-12-5-8-13-6-3-2-4-7-13/h11-12,14H,2-10H2,1H3. The third kappa shape index (κ3) is 6.10. The lowest BCUT2D eigenvalue weighted by atomic mass is 10.1. The minimum Gasteiger partial charge on any atom is -0.389 e. The summed E-state index contributed by atoms with van der Waals surface area (Å²) in [6.07, 6.45) is 3.69. The van der Waals surface area contributed by atoms with Crippen molar-refractivity contribution in [3.63, 3.8) is 0 Å². The zero-order valence-corrected chi connectivity index (χ0v) is 9.74. The van der Waals surface area contributed by atoms with Crippen LogP contribution in [0.2, 0.25) is 0 Å². The summed E-state index contributed by atoms with van der Waals surface area (Å²) in [5.74, 6) is 0. The van der Waals surface area contributed by atoms with Crippen LogP contribution in [0.25, 0.3) is 0 Å². The van der Waals surface area contributed by atoms with Gasteiger partial charge in [0.1, 0.15) is 0 Å². The fourth-order valence-electron chi connectivity index (χ4n) is 1.94. The Morgan fingerprint density at radius 2 is 2.07 bits per heavy atom. The summed E-state index contributed by atoms with van der Waals surface area (Å²) < 4.78 is 4.85. The first kappa shape index (κ1) is 12.9. The van der Waals surface area contributed by atoms with Crippen molar-refractivity contribution in [1.29, 1.82) is 0 Å². The highest BCUT2D eigenvalue weighted by atomic mass is 16.5. The number of nitrogens with zero attached hydrogens (tertiary/aromatic N) is 1. The van der Waals surface area contributed by atoms with Crippen molar-refractivity contribution in [2.75, 3.05) is 46.4 Å². The Morgan fingerprint density at radius 1 is 1.33 bits per heavy atom. The summed E-state index contributed by atoms with van der Waals surface area (Å²) in [4.78, 5) is 2.49. The lowest BCUT2D eigenvalue weighted by Crippen LogP contribution is -2.38. The second-order valence-corrected chi connectivity index (χ2v) is 4.22. The quantitative estimate of drug-likeness (QED) is 0.591. The number of hydrogen-bond acceptors (Lipinski definition) is 4. The molecule has 0 spiro atoms. The van der Waals surface area contributed by atoms with E-state index in [-0.39, 0.29) is 6.10 Å². The fraction of sp³-hybridized carbons (Fsp3) is 1.00. The second-order valence-electron chi connectivity index (χ2n) is 4.22. The van der Waals surface area contributed by atoms with E-state index >= 15 is 0 Å². The van der Waals surface area contributed by atoms with Gasteiger partial charge in [-0.25, -0.2) is 0 Å². The Balaban J connectivity index is 1.91. The maximum absolute atomic E-state index is 9.39. The highest BCUT2D eigenvalue weighted by Crippen LogP contribution is 2.07.